The van der Waals surface area contributed by atoms with Gasteiger partial charge in [0.05, 0.1) is 23.2 Å². The molecule has 1 aliphatic carbocycles. The average molecular weight is 526 g/mol. The van der Waals surface area contributed by atoms with Crippen molar-refractivity contribution >= 4 is 33.1 Å². The van der Waals surface area contributed by atoms with Crippen LogP contribution in [0.1, 0.15) is 46.0 Å². The first-order valence-corrected chi connectivity index (χ1v) is 14.8. The van der Waals surface area contributed by atoms with Crippen molar-refractivity contribution in [3.63, 3.8) is 0 Å². The highest BCUT2D eigenvalue weighted by atomic mass is 35.5. The summed E-state index contributed by atoms with van der Waals surface area (Å²) >= 11 is 6.49. The van der Waals surface area contributed by atoms with E-state index in [1.807, 2.05) is 6.92 Å². The standard InChI is InChI=1S/C25H37ClFN5O2S/c1-4-21-17-31(25-23(26)14-20(15-28-25)29-35(3,33)34)11-12-32(21)22-7-9-30(10-8-22)16-19-6-5-18(2)13-24(19)27/h13-15,21-22,29H,4-12,16-17H2,1-3H3/t21-/m0/s1. The second kappa shape index (κ2) is 11.2. The third-order valence-corrected chi connectivity index (χ3v) is 8.28. The highest BCUT2D eigenvalue weighted by Crippen LogP contribution is 2.31. The monoisotopic (exact) mass is 525 g/mol. The number of nitrogens with zero attached hydrogens (tertiary/aromatic N) is 4. The predicted octanol–water partition coefficient (Wildman–Crippen LogP) is 4.44. The summed E-state index contributed by atoms with van der Waals surface area (Å²) in [6, 6.07) is 2.56. The van der Waals surface area contributed by atoms with Gasteiger partial charge in [0.1, 0.15) is 11.6 Å². The fourth-order valence-electron chi connectivity index (χ4n) is 5.53. The Labute approximate surface area is 214 Å². The van der Waals surface area contributed by atoms with Gasteiger partial charge in [0.15, 0.2) is 0 Å². The predicted molar refractivity (Wildman–Crippen MR) is 141 cm³/mol. The van der Waals surface area contributed by atoms with Gasteiger partial charge in [-0.05, 0) is 69.8 Å². The van der Waals surface area contributed by atoms with E-state index in [9.17, 15) is 12.8 Å². The number of allylic oxidation sites excluding steroid dienone is 3. The minimum absolute atomic E-state index is 0.0227. The number of anilines is 2. The van der Waals surface area contributed by atoms with Crippen LogP contribution in [0.2, 0.25) is 5.02 Å². The number of rotatable bonds is 7. The lowest BCUT2D eigenvalue weighted by molar-refractivity contribution is 0.0654. The number of piperidine rings is 1. The molecule has 3 aliphatic rings. The summed E-state index contributed by atoms with van der Waals surface area (Å²) in [5, 5.41) is 0.449. The molecule has 2 saturated heterocycles. The highest BCUT2D eigenvalue weighted by Gasteiger charge is 2.34. The molecule has 4 rings (SSSR count). The van der Waals surface area contributed by atoms with Gasteiger partial charge in [-0.1, -0.05) is 24.1 Å². The van der Waals surface area contributed by atoms with Crippen LogP contribution in [0.25, 0.3) is 0 Å². The minimum atomic E-state index is -3.38. The van der Waals surface area contributed by atoms with Crippen LogP contribution in [0.15, 0.2) is 35.3 Å². The molecule has 3 heterocycles. The molecule has 35 heavy (non-hydrogen) atoms. The van der Waals surface area contributed by atoms with E-state index in [1.54, 1.807) is 12.1 Å². The number of pyridine rings is 1. The Kier molecular flexibility index (Phi) is 8.41. The van der Waals surface area contributed by atoms with Crippen LogP contribution >= 0.6 is 11.6 Å². The number of halogens is 2. The van der Waals surface area contributed by atoms with Gasteiger partial charge in [0.25, 0.3) is 0 Å². The molecule has 0 bridgehead atoms. The summed E-state index contributed by atoms with van der Waals surface area (Å²) < 4.78 is 39.7. The lowest BCUT2D eigenvalue weighted by atomic mass is 9.95. The maximum absolute atomic E-state index is 14.3. The summed E-state index contributed by atoms with van der Waals surface area (Å²) in [5.74, 6) is 0.677. The first-order valence-electron chi connectivity index (χ1n) is 12.5. The molecule has 2 fully saturated rings. The summed E-state index contributed by atoms with van der Waals surface area (Å²) in [5.41, 5.74) is 2.46. The number of sulfonamides is 1. The van der Waals surface area contributed by atoms with Crippen molar-refractivity contribution < 1.29 is 12.8 Å². The zero-order valence-electron chi connectivity index (χ0n) is 20.9. The molecule has 1 N–H and O–H groups in total. The van der Waals surface area contributed by atoms with Gasteiger partial charge in [0.2, 0.25) is 10.0 Å². The second-order valence-corrected chi connectivity index (χ2v) is 12.3. The van der Waals surface area contributed by atoms with Crippen molar-refractivity contribution in [1.82, 2.24) is 14.8 Å². The Morgan fingerprint density at radius 3 is 2.57 bits per heavy atom. The number of piperazine rings is 1. The van der Waals surface area contributed by atoms with Crippen LogP contribution in [0, 0.1) is 0 Å². The van der Waals surface area contributed by atoms with Crippen molar-refractivity contribution in [3.05, 3.63) is 40.3 Å². The largest absolute Gasteiger partial charge is 0.353 e. The van der Waals surface area contributed by atoms with Crippen molar-refractivity contribution in [1.29, 1.82) is 0 Å². The molecule has 0 spiro atoms. The van der Waals surface area contributed by atoms with Crippen LogP contribution in [0.4, 0.5) is 15.9 Å². The molecule has 7 nitrogen and oxygen atoms in total. The zero-order chi connectivity index (χ0) is 25.2. The molecule has 0 radical (unpaired) electrons. The third kappa shape index (κ3) is 6.76. The fourth-order valence-corrected chi connectivity index (χ4v) is 6.36. The lowest BCUT2D eigenvalue weighted by Crippen LogP contribution is -2.58. The number of hydrogen-bond donors (Lipinski definition) is 1. The molecular formula is C25H37ClFN5O2S. The molecule has 0 saturated carbocycles. The van der Waals surface area contributed by atoms with Gasteiger partial charge >= 0.3 is 0 Å². The smallest absolute Gasteiger partial charge is 0.229 e. The second-order valence-electron chi connectivity index (χ2n) is 10.1. The molecular weight excluding hydrogens is 489 g/mol. The number of aromatic nitrogens is 1. The van der Waals surface area contributed by atoms with E-state index in [4.69, 9.17) is 11.6 Å². The normalized spacial score (nSPS) is 23.5. The van der Waals surface area contributed by atoms with Crippen molar-refractivity contribution in [2.24, 2.45) is 0 Å². The summed E-state index contributed by atoms with van der Waals surface area (Å²) in [6.45, 7) is 9.58. The molecule has 194 valence electrons. The SMILES string of the molecule is CC[C@H]1CN(c2ncc(NS(C)(=O)=O)cc2Cl)CCN1C1CCN(CC2=C(F)C=C(C)CC2)CC1. The Bertz CT molecular complexity index is 1090. The lowest BCUT2D eigenvalue weighted by Gasteiger charge is -2.48. The number of likely N-dealkylation sites (tertiary alicyclic amines) is 1. The minimum Gasteiger partial charge on any atom is -0.353 e. The molecule has 0 unspecified atom stereocenters. The molecule has 1 atom stereocenters. The number of hydrogen-bond acceptors (Lipinski definition) is 6. The van der Waals surface area contributed by atoms with Crippen LogP contribution in [0.3, 0.4) is 0 Å². The van der Waals surface area contributed by atoms with Crippen molar-refractivity contribution in [2.75, 3.05) is 55.1 Å². The van der Waals surface area contributed by atoms with E-state index in [2.05, 4.69) is 31.3 Å². The summed E-state index contributed by atoms with van der Waals surface area (Å²) in [7, 11) is -3.38. The maximum atomic E-state index is 14.3. The van der Waals surface area contributed by atoms with Crippen LogP contribution in [0.5, 0.6) is 0 Å². The molecule has 10 heteroatoms. The Morgan fingerprint density at radius 1 is 1.20 bits per heavy atom. The van der Waals surface area contributed by atoms with Gasteiger partial charge in [-0.2, -0.15) is 0 Å². The van der Waals surface area contributed by atoms with E-state index < -0.39 is 10.0 Å². The van der Waals surface area contributed by atoms with Crippen LogP contribution in [-0.2, 0) is 10.0 Å². The summed E-state index contributed by atoms with van der Waals surface area (Å²) in [4.78, 5) is 11.7. The van der Waals surface area contributed by atoms with Gasteiger partial charge in [-0.3, -0.25) is 14.5 Å². The van der Waals surface area contributed by atoms with Gasteiger partial charge < -0.3 is 4.90 Å². The van der Waals surface area contributed by atoms with Gasteiger partial charge in [-0.25, -0.2) is 17.8 Å². The maximum Gasteiger partial charge on any atom is 0.229 e. The molecule has 2 aliphatic heterocycles. The van der Waals surface area contributed by atoms with E-state index in [0.717, 1.165) is 88.8 Å². The van der Waals surface area contributed by atoms with Crippen LogP contribution in [-0.4, -0.2) is 80.8 Å². The molecule has 1 aromatic rings. The van der Waals surface area contributed by atoms with E-state index in [-0.39, 0.29) is 5.83 Å². The highest BCUT2D eigenvalue weighted by molar-refractivity contribution is 7.92. The first kappa shape index (κ1) is 26.4. The quantitative estimate of drug-likeness (QED) is 0.568. The third-order valence-electron chi connectivity index (χ3n) is 7.40. The first-order chi connectivity index (χ1) is 16.6. The summed E-state index contributed by atoms with van der Waals surface area (Å²) in [6.07, 6.45) is 9.38. The molecule has 0 aromatic carbocycles. The van der Waals surface area contributed by atoms with E-state index in [0.29, 0.717) is 28.6 Å². The Balaban J connectivity index is 1.33. The molecule has 0 amide bonds. The van der Waals surface area contributed by atoms with Gasteiger partial charge in [0, 0.05) is 38.3 Å². The van der Waals surface area contributed by atoms with Gasteiger partial charge in [-0.15, -0.1) is 0 Å². The average Bonchev–Trinajstić information content (AvgIpc) is 2.80. The van der Waals surface area contributed by atoms with Crippen molar-refractivity contribution in [2.45, 2.75) is 58.0 Å². The fraction of sp³-hybridized carbons (Fsp3) is 0.640. The van der Waals surface area contributed by atoms with E-state index >= 15 is 0 Å². The topological polar surface area (TPSA) is 68.8 Å². The van der Waals surface area contributed by atoms with Crippen LogP contribution < -0.4 is 9.62 Å². The number of nitrogens with one attached hydrogen (secondary N) is 1. The Morgan fingerprint density at radius 2 is 1.94 bits per heavy atom. The van der Waals surface area contributed by atoms with Crippen molar-refractivity contribution in [3.8, 4) is 0 Å². The Hall–Kier alpha value is -1.68. The van der Waals surface area contributed by atoms with E-state index in [1.165, 1.54) is 6.20 Å². The zero-order valence-corrected chi connectivity index (χ0v) is 22.5. The molecule has 1 aromatic heterocycles.